The lowest BCUT2D eigenvalue weighted by atomic mass is 9.92. The maximum absolute atomic E-state index is 9.55. The lowest BCUT2D eigenvalue weighted by molar-refractivity contribution is 0.307. The largest absolute Gasteiger partial charge is 0.513 e. The molecule has 1 heterocycles. The van der Waals surface area contributed by atoms with Gasteiger partial charge in [-0.2, -0.15) is 0 Å². The minimum absolute atomic E-state index is 0.174. The van der Waals surface area contributed by atoms with Gasteiger partial charge in [0.25, 0.3) is 0 Å². The molecule has 0 amide bonds. The van der Waals surface area contributed by atoms with Gasteiger partial charge in [0.15, 0.2) is 0 Å². The zero-order valence-electron chi connectivity index (χ0n) is 15.0. The molecule has 0 aliphatic carbocycles. The van der Waals surface area contributed by atoms with E-state index in [4.69, 9.17) is 4.74 Å². The molecule has 3 nitrogen and oxygen atoms in total. The van der Waals surface area contributed by atoms with Crippen molar-refractivity contribution >= 4 is 5.57 Å². The molecule has 1 aliphatic heterocycles. The van der Waals surface area contributed by atoms with Gasteiger partial charge in [-0.15, -0.1) is 0 Å². The zero-order valence-corrected chi connectivity index (χ0v) is 15.0. The third-order valence-corrected chi connectivity index (χ3v) is 4.36. The van der Waals surface area contributed by atoms with Crippen LogP contribution in [-0.2, 0) is 13.0 Å². The Labute approximate surface area is 149 Å². The first kappa shape index (κ1) is 17.3. The van der Waals surface area contributed by atoms with Crippen LogP contribution in [-0.4, -0.2) is 30.6 Å². The number of hydrogen-bond acceptors (Lipinski definition) is 3. The molecular weight excluding hydrogens is 310 g/mol. The molecule has 25 heavy (non-hydrogen) atoms. The number of aliphatic hydroxyl groups is 1. The van der Waals surface area contributed by atoms with E-state index < -0.39 is 0 Å². The van der Waals surface area contributed by atoms with E-state index in [0.29, 0.717) is 13.0 Å². The van der Waals surface area contributed by atoms with Crippen LogP contribution in [0.4, 0.5) is 0 Å². The first-order chi connectivity index (χ1) is 12.0. The number of aliphatic hydroxyl groups excluding tert-OH is 1. The molecule has 3 rings (SSSR count). The van der Waals surface area contributed by atoms with E-state index in [-0.39, 0.29) is 5.76 Å². The molecule has 1 N–H and O–H groups in total. The van der Waals surface area contributed by atoms with E-state index in [0.717, 1.165) is 29.8 Å². The summed E-state index contributed by atoms with van der Waals surface area (Å²) in [7, 11) is 4.17. The average Bonchev–Trinajstić information content (AvgIpc) is 2.72. The van der Waals surface area contributed by atoms with Gasteiger partial charge in [0.05, 0.1) is 5.76 Å². The number of nitrogens with zero attached hydrogens (tertiary/aromatic N) is 1. The lowest BCUT2D eigenvalue weighted by Gasteiger charge is -2.13. The third-order valence-electron chi connectivity index (χ3n) is 4.36. The minimum atomic E-state index is 0.174. The maximum Gasteiger partial charge on any atom is 0.127 e. The molecule has 0 atom stereocenters. The molecule has 0 fully saturated rings. The summed E-state index contributed by atoms with van der Waals surface area (Å²) in [6.45, 7) is 5.17. The number of hydrogen-bond donors (Lipinski definition) is 1. The summed E-state index contributed by atoms with van der Waals surface area (Å²) in [5.41, 5.74) is 5.74. The van der Waals surface area contributed by atoms with Gasteiger partial charge in [-0.1, -0.05) is 43.0 Å². The Bertz CT molecular complexity index is 805. The van der Waals surface area contributed by atoms with Crippen molar-refractivity contribution in [1.82, 2.24) is 4.90 Å². The predicted octanol–water partition coefficient (Wildman–Crippen LogP) is 4.58. The quantitative estimate of drug-likeness (QED) is 0.812. The summed E-state index contributed by atoms with van der Waals surface area (Å²) in [5, 5.41) is 9.55. The second-order valence-electron chi connectivity index (χ2n) is 6.73. The number of fused-ring (bicyclic) bond motifs is 2. The van der Waals surface area contributed by atoms with Crippen LogP contribution in [0.1, 0.15) is 28.7 Å². The molecular formula is C22H25NO2. The molecule has 2 aromatic carbocycles. The van der Waals surface area contributed by atoms with E-state index >= 15 is 0 Å². The zero-order chi connectivity index (χ0) is 17.8. The fourth-order valence-electron chi connectivity index (χ4n) is 3.16. The topological polar surface area (TPSA) is 32.7 Å². The fourth-order valence-corrected chi connectivity index (χ4v) is 3.16. The Morgan fingerprint density at radius 3 is 2.76 bits per heavy atom. The molecule has 0 aromatic heterocycles. The van der Waals surface area contributed by atoms with Gasteiger partial charge in [0.2, 0.25) is 0 Å². The number of benzene rings is 2. The highest BCUT2D eigenvalue weighted by Crippen LogP contribution is 2.37. The molecule has 3 heteroatoms. The molecule has 0 radical (unpaired) electrons. The average molecular weight is 335 g/mol. The second kappa shape index (κ2) is 7.58. The molecule has 2 aromatic rings. The molecule has 130 valence electrons. The van der Waals surface area contributed by atoms with Crippen molar-refractivity contribution < 1.29 is 9.84 Å². The van der Waals surface area contributed by atoms with E-state index in [1.165, 1.54) is 16.7 Å². The minimum Gasteiger partial charge on any atom is -0.513 e. The Kier molecular flexibility index (Phi) is 5.25. The number of rotatable bonds is 5. The summed E-state index contributed by atoms with van der Waals surface area (Å²) in [4.78, 5) is 2.18. The first-order valence-electron chi connectivity index (χ1n) is 8.60. The van der Waals surface area contributed by atoms with Gasteiger partial charge in [-0.05, 0) is 54.9 Å². The summed E-state index contributed by atoms with van der Waals surface area (Å²) >= 11 is 0. The summed E-state index contributed by atoms with van der Waals surface area (Å²) < 4.78 is 6.06. The highest BCUT2D eigenvalue weighted by atomic mass is 16.5. The maximum atomic E-state index is 9.55. The van der Waals surface area contributed by atoms with Crippen LogP contribution in [0.2, 0.25) is 0 Å². The Balaban J connectivity index is 2.08. The van der Waals surface area contributed by atoms with Crippen LogP contribution >= 0.6 is 0 Å². The van der Waals surface area contributed by atoms with Crippen LogP contribution < -0.4 is 4.74 Å². The second-order valence-corrected chi connectivity index (χ2v) is 6.73. The smallest absolute Gasteiger partial charge is 0.127 e. The predicted molar refractivity (Wildman–Crippen MR) is 103 cm³/mol. The fraction of sp³-hybridized carbons (Fsp3) is 0.273. The monoisotopic (exact) mass is 335 g/mol. The normalized spacial score (nSPS) is 14.6. The van der Waals surface area contributed by atoms with Crippen molar-refractivity contribution in [2.75, 3.05) is 20.6 Å². The van der Waals surface area contributed by atoms with E-state index in [9.17, 15) is 5.11 Å². The number of ether oxygens (including phenoxy) is 1. The van der Waals surface area contributed by atoms with Crippen LogP contribution in [0.25, 0.3) is 5.57 Å². The molecule has 0 saturated heterocycles. The van der Waals surface area contributed by atoms with Gasteiger partial charge in [0, 0.05) is 18.5 Å². The van der Waals surface area contributed by atoms with Crippen LogP contribution in [0, 0.1) is 0 Å². The summed E-state index contributed by atoms with van der Waals surface area (Å²) in [6.07, 6.45) is 3.72. The van der Waals surface area contributed by atoms with Crippen molar-refractivity contribution in [2.24, 2.45) is 0 Å². The first-order valence-corrected chi connectivity index (χ1v) is 8.60. The highest BCUT2D eigenvalue weighted by molar-refractivity contribution is 5.85. The molecule has 1 aliphatic rings. The van der Waals surface area contributed by atoms with E-state index in [1.54, 1.807) is 0 Å². The van der Waals surface area contributed by atoms with Crippen LogP contribution in [0.3, 0.4) is 0 Å². The van der Waals surface area contributed by atoms with Crippen molar-refractivity contribution in [1.29, 1.82) is 0 Å². The molecule has 0 saturated carbocycles. The van der Waals surface area contributed by atoms with Crippen molar-refractivity contribution in [3.05, 3.63) is 83.1 Å². The number of allylic oxidation sites excluding steroid dienone is 1. The van der Waals surface area contributed by atoms with Crippen molar-refractivity contribution in [3.63, 3.8) is 0 Å². The SMILES string of the molecule is C=C(O)Cc1ccc2c(c1)/C(=C/CCN(C)C)c1ccccc1CO2. The Hall–Kier alpha value is -2.52. The molecule has 0 bridgehead atoms. The van der Waals surface area contributed by atoms with Gasteiger partial charge in [-0.25, -0.2) is 0 Å². The Morgan fingerprint density at radius 1 is 1.20 bits per heavy atom. The van der Waals surface area contributed by atoms with E-state index in [1.807, 2.05) is 12.1 Å². The molecule has 0 unspecified atom stereocenters. The third kappa shape index (κ3) is 4.12. The van der Waals surface area contributed by atoms with Gasteiger partial charge < -0.3 is 14.7 Å². The van der Waals surface area contributed by atoms with Gasteiger partial charge in [-0.3, -0.25) is 0 Å². The Morgan fingerprint density at radius 2 is 2.00 bits per heavy atom. The van der Waals surface area contributed by atoms with Crippen LogP contribution in [0.5, 0.6) is 5.75 Å². The molecule has 0 spiro atoms. The van der Waals surface area contributed by atoms with Gasteiger partial charge in [0.1, 0.15) is 12.4 Å². The lowest BCUT2D eigenvalue weighted by Crippen LogP contribution is -2.12. The summed E-state index contributed by atoms with van der Waals surface area (Å²) in [6, 6.07) is 14.5. The van der Waals surface area contributed by atoms with Crippen LogP contribution in [0.15, 0.2) is 60.9 Å². The standard InChI is InChI=1S/C22H25NO2/c1-16(24)13-17-10-11-22-21(14-17)20(9-6-12-23(2)3)19-8-5-4-7-18(19)15-25-22/h4-5,7-11,14,24H,1,6,12-13,15H2,2-3H3/b20-9+. The van der Waals surface area contributed by atoms with Gasteiger partial charge >= 0.3 is 0 Å². The highest BCUT2D eigenvalue weighted by Gasteiger charge is 2.19. The van der Waals surface area contributed by atoms with Crippen molar-refractivity contribution in [2.45, 2.75) is 19.4 Å². The summed E-state index contributed by atoms with van der Waals surface area (Å²) in [5.74, 6) is 1.06. The van der Waals surface area contributed by atoms with E-state index in [2.05, 4.69) is 62.0 Å². The van der Waals surface area contributed by atoms with Crippen molar-refractivity contribution in [3.8, 4) is 5.75 Å².